The number of hydrogen-bond donors (Lipinski definition) is 1. The minimum Gasteiger partial charge on any atom is -0.325 e. The zero-order chi connectivity index (χ0) is 20.8. The maximum absolute atomic E-state index is 12.6. The van der Waals surface area contributed by atoms with E-state index in [1.165, 1.54) is 0 Å². The highest BCUT2D eigenvalue weighted by molar-refractivity contribution is 5.98. The number of carbonyl (C=O) groups is 1. The fourth-order valence-corrected chi connectivity index (χ4v) is 3.53. The van der Waals surface area contributed by atoms with Crippen LogP contribution in [-0.2, 0) is 10.2 Å². The van der Waals surface area contributed by atoms with Crippen molar-refractivity contribution < 1.29 is 4.79 Å². The standard InChI is InChI=1S/C24H31N3O/c1-6-24(7-2,15-11-16-25)21-19(13-10-17-26-21)18-12-8-9-14-20(18)27-22(28)23(3,4)5/h8-10,12-14,17H,6-7,11,15H2,1-5H3,(H,27,28). The topological polar surface area (TPSA) is 65.8 Å². The second kappa shape index (κ2) is 9.01. The number of nitriles is 1. The zero-order valence-corrected chi connectivity index (χ0v) is 17.7. The fourth-order valence-electron chi connectivity index (χ4n) is 3.53. The first kappa shape index (κ1) is 21.6. The van der Waals surface area contributed by atoms with Crippen LogP contribution in [0.2, 0.25) is 0 Å². The van der Waals surface area contributed by atoms with Gasteiger partial charge in [-0.25, -0.2) is 0 Å². The SMILES string of the molecule is CCC(CC)(CCC#N)c1ncccc1-c1ccccc1NC(=O)C(C)(C)C. The average molecular weight is 378 g/mol. The number of amides is 1. The number of carbonyl (C=O) groups excluding carboxylic acids is 1. The Hall–Kier alpha value is -2.67. The molecule has 0 bridgehead atoms. The predicted molar refractivity (Wildman–Crippen MR) is 115 cm³/mol. The van der Waals surface area contributed by atoms with E-state index in [-0.39, 0.29) is 11.3 Å². The lowest BCUT2D eigenvalue weighted by Crippen LogP contribution is -2.28. The number of benzene rings is 1. The summed E-state index contributed by atoms with van der Waals surface area (Å²) in [5.74, 6) is -0.0212. The van der Waals surface area contributed by atoms with Crippen molar-refractivity contribution in [2.24, 2.45) is 5.41 Å². The van der Waals surface area contributed by atoms with Gasteiger partial charge < -0.3 is 5.32 Å². The molecule has 1 amide bonds. The van der Waals surface area contributed by atoms with Crippen molar-refractivity contribution in [1.82, 2.24) is 4.98 Å². The van der Waals surface area contributed by atoms with E-state index in [1.807, 2.05) is 57.3 Å². The number of nitrogens with zero attached hydrogens (tertiary/aromatic N) is 2. The average Bonchev–Trinajstić information content (AvgIpc) is 2.69. The van der Waals surface area contributed by atoms with Gasteiger partial charge in [-0.2, -0.15) is 5.26 Å². The van der Waals surface area contributed by atoms with Crippen molar-refractivity contribution in [3.8, 4) is 17.2 Å². The molecule has 2 aromatic rings. The lowest BCUT2D eigenvalue weighted by Gasteiger charge is -2.33. The van der Waals surface area contributed by atoms with Gasteiger partial charge in [0.25, 0.3) is 0 Å². The Morgan fingerprint density at radius 2 is 1.71 bits per heavy atom. The highest BCUT2D eigenvalue weighted by Crippen LogP contribution is 2.42. The third-order valence-corrected chi connectivity index (χ3v) is 5.53. The van der Waals surface area contributed by atoms with Gasteiger partial charge in [-0.1, -0.05) is 58.9 Å². The Labute approximate surface area is 169 Å². The van der Waals surface area contributed by atoms with Crippen LogP contribution in [0.3, 0.4) is 0 Å². The highest BCUT2D eigenvalue weighted by Gasteiger charge is 2.32. The molecule has 0 unspecified atom stereocenters. The summed E-state index contributed by atoms with van der Waals surface area (Å²) in [5.41, 5.74) is 3.15. The predicted octanol–water partition coefficient (Wildman–Crippen LogP) is 6.09. The molecule has 0 fully saturated rings. The molecular formula is C24H31N3O. The molecule has 0 aliphatic rings. The van der Waals surface area contributed by atoms with Crippen molar-refractivity contribution in [3.05, 3.63) is 48.3 Å². The molecule has 2 rings (SSSR count). The Morgan fingerprint density at radius 3 is 2.32 bits per heavy atom. The number of rotatable bonds is 7. The number of nitrogens with one attached hydrogen (secondary N) is 1. The van der Waals surface area contributed by atoms with E-state index in [9.17, 15) is 4.79 Å². The van der Waals surface area contributed by atoms with Gasteiger partial charge in [-0.05, 0) is 31.4 Å². The van der Waals surface area contributed by atoms with Crippen LogP contribution in [0.5, 0.6) is 0 Å². The minimum atomic E-state index is -0.478. The van der Waals surface area contributed by atoms with Gasteiger partial charge in [0.05, 0.1) is 11.8 Å². The van der Waals surface area contributed by atoms with Crippen LogP contribution in [0.15, 0.2) is 42.6 Å². The van der Waals surface area contributed by atoms with Crippen LogP contribution in [0.25, 0.3) is 11.1 Å². The van der Waals surface area contributed by atoms with Crippen LogP contribution in [0.4, 0.5) is 5.69 Å². The second-order valence-corrected chi connectivity index (χ2v) is 8.29. The molecule has 0 saturated heterocycles. The lowest BCUT2D eigenvalue weighted by atomic mass is 9.73. The first-order valence-corrected chi connectivity index (χ1v) is 10.0. The van der Waals surface area contributed by atoms with Crippen LogP contribution in [0.1, 0.15) is 66.0 Å². The van der Waals surface area contributed by atoms with Crippen LogP contribution < -0.4 is 5.32 Å². The summed E-state index contributed by atoms with van der Waals surface area (Å²) in [6.45, 7) is 10.0. The van der Waals surface area contributed by atoms with Gasteiger partial charge in [-0.3, -0.25) is 9.78 Å². The molecule has 28 heavy (non-hydrogen) atoms. The van der Waals surface area contributed by atoms with Crippen LogP contribution in [-0.4, -0.2) is 10.9 Å². The van der Waals surface area contributed by atoms with E-state index in [0.29, 0.717) is 6.42 Å². The summed E-state index contributed by atoms with van der Waals surface area (Å²) in [4.78, 5) is 17.4. The summed E-state index contributed by atoms with van der Waals surface area (Å²) in [5, 5.41) is 12.2. The largest absolute Gasteiger partial charge is 0.325 e. The first-order valence-electron chi connectivity index (χ1n) is 10.0. The van der Waals surface area contributed by atoms with E-state index in [4.69, 9.17) is 10.2 Å². The van der Waals surface area contributed by atoms with E-state index >= 15 is 0 Å². The Morgan fingerprint density at radius 1 is 1.07 bits per heavy atom. The minimum absolute atomic E-state index is 0.0212. The molecule has 4 heteroatoms. The highest BCUT2D eigenvalue weighted by atomic mass is 16.2. The summed E-state index contributed by atoms with van der Waals surface area (Å²) in [6.07, 6.45) is 4.91. The van der Waals surface area contributed by atoms with Gasteiger partial charge in [0.1, 0.15) is 0 Å². The molecular weight excluding hydrogens is 346 g/mol. The molecule has 1 aromatic heterocycles. The number of pyridine rings is 1. The molecule has 0 spiro atoms. The van der Waals surface area contributed by atoms with Crippen LogP contribution >= 0.6 is 0 Å². The van der Waals surface area contributed by atoms with Crippen molar-refractivity contribution >= 4 is 11.6 Å². The lowest BCUT2D eigenvalue weighted by molar-refractivity contribution is -0.123. The van der Waals surface area contributed by atoms with Crippen molar-refractivity contribution in [3.63, 3.8) is 0 Å². The monoisotopic (exact) mass is 377 g/mol. The summed E-state index contributed by atoms with van der Waals surface area (Å²) in [7, 11) is 0. The Bertz CT molecular complexity index is 855. The molecule has 1 N–H and O–H groups in total. The third kappa shape index (κ3) is 4.59. The zero-order valence-electron chi connectivity index (χ0n) is 17.7. The summed E-state index contributed by atoms with van der Waals surface area (Å²) in [6, 6.07) is 14.2. The number of aromatic nitrogens is 1. The Balaban J connectivity index is 2.60. The van der Waals surface area contributed by atoms with E-state index < -0.39 is 5.41 Å². The van der Waals surface area contributed by atoms with E-state index in [2.05, 4.69) is 31.3 Å². The molecule has 1 aromatic carbocycles. The smallest absolute Gasteiger partial charge is 0.229 e. The van der Waals surface area contributed by atoms with Gasteiger partial charge in [-0.15, -0.1) is 0 Å². The van der Waals surface area contributed by atoms with Crippen molar-refractivity contribution in [2.45, 2.75) is 65.7 Å². The molecule has 0 aliphatic heterocycles. The maximum Gasteiger partial charge on any atom is 0.229 e. The second-order valence-electron chi connectivity index (χ2n) is 8.29. The normalized spacial score (nSPS) is 11.7. The molecule has 0 aliphatic carbocycles. The maximum atomic E-state index is 12.6. The quantitative estimate of drug-likeness (QED) is 0.634. The van der Waals surface area contributed by atoms with Gasteiger partial charge in [0.2, 0.25) is 5.91 Å². The number of hydrogen-bond acceptors (Lipinski definition) is 3. The van der Waals surface area contributed by atoms with Gasteiger partial charge in [0.15, 0.2) is 0 Å². The molecule has 0 radical (unpaired) electrons. The first-order chi connectivity index (χ1) is 13.3. The molecule has 1 heterocycles. The number of anilines is 1. The molecule has 0 atom stereocenters. The van der Waals surface area contributed by atoms with Crippen molar-refractivity contribution in [1.29, 1.82) is 5.26 Å². The fraction of sp³-hybridized carbons (Fsp3) is 0.458. The molecule has 4 nitrogen and oxygen atoms in total. The summed E-state index contributed by atoms with van der Waals surface area (Å²) < 4.78 is 0. The molecule has 0 saturated carbocycles. The Kier molecular flexibility index (Phi) is 6.96. The summed E-state index contributed by atoms with van der Waals surface area (Å²) >= 11 is 0. The third-order valence-electron chi connectivity index (χ3n) is 5.53. The van der Waals surface area contributed by atoms with Crippen LogP contribution in [0, 0.1) is 16.7 Å². The van der Waals surface area contributed by atoms with E-state index in [1.54, 1.807) is 0 Å². The van der Waals surface area contributed by atoms with E-state index in [0.717, 1.165) is 41.8 Å². The van der Waals surface area contributed by atoms with Gasteiger partial charge >= 0.3 is 0 Å². The number of para-hydroxylation sites is 1. The van der Waals surface area contributed by atoms with Crippen molar-refractivity contribution in [2.75, 3.05) is 5.32 Å². The molecule has 148 valence electrons. The van der Waals surface area contributed by atoms with Gasteiger partial charge in [0, 0.05) is 40.3 Å².